The molecule has 1 fully saturated rings. The molecule has 3 rings (SSSR count). The fraction of sp³-hybridized carbons (Fsp3) is 0.600. The van der Waals surface area contributed by atoms with E-state index in [-0.39, 0.29) is 0 Å². The molecule has 0 spiro atoms. The molecule has 2 unspecified atom stereocenters. The summed E-state index contributed by atoms with van der Waals surface area (Å²) in [6, 6.07) is 3.19. The highest BCUT2D eigenvalue weighted by Gasteiger charge is 2.38. The van der Waals surface area contributed by atoms with Gasteiger partial charge in [0.2, 0.25) is 0 Å². The first kappa shape index (κ1) is 8.17. The van der Waals surface area contributed by atoms with Gasteiger partial charge in [-0.1, -0.05) is 0 Å². The Morgan fingerprint density at radius 3 is 3.14 bits per heavy atom. The summed E-state index contributed by atoms with van der Waals surface area (Å²) in [5.74, 6) is 0.544. The van der Waals surface area contributed by atoms with Crippen LogP contribution in [0.4, 0.5) is 5.82 Å². The van der Waals surface area contributed by atoms with E-state index in [1.807, 2.05) is 6.07 Å². The summed E-state index contributed by atoms with van der Waals surface area (Å²) in [6.07, 6.45) is 3.55. The number of fused-ring (bicyclic) bond motifs is 4. The Hall–Kier alpha value is -1.16. The number of aromatic nitrogens is 2. The minimum absolute atomic E-state index is 0.529. The number of anilines is 1. The van der Waals surface area contributed by atoms with Gasteiger partial charge < -0.3 is 5.73 Å². The van der Waals surface area contributed by atoms with Gasteiger partial charge in [-0.3, -0.25) is 4.90 Å². The van der Waals surface area contributed by atoms with Crippen molar-refractivity contribution in [2.45, 2.75) is 31.3 Å². The van der Waals surface area contributed by atoms with Gasteiger partial charge in [0.05, 0.1) is 5.69 Å². The Bertz CT molecular complexity index is 376. The number of nitrogens with two attached hydrogens (primary N) is 1. The van der Waals surface area contributed by atoms with Crippen LogP contribution in [-0.2, 0) is 6.42 Å². The number of nitrogen functional groups attached to an aromatic ring is 1. The van der Waals surface area contributed by atoms with Crippen LogP contribution in [0.15, 0.2) is 6.07 Å². The summed E-state index contributed by atoms with van der Waals surface area (Å²) in [4.78, 5) is 2.45. The minimum atomic E-state index is 0.529. The quantitative estimate of drug-likeness (QED) is 0.656. The molecule has 2 aliphatic rings. The molecule has 1 saturated heterocycles. The Morgan fingerprint density at radius 2 is 2.29 bits per heavy atom. The van der Waals surface area contributed by atoms with Crippen LogP contribution in [0.2, 0.25) is 0 Å². The first-order chi connectivity index (χ1) is 6.75. The summed E-state index contributed by atoms with van der Waals surface area (Å²) in [7, 11) is 2.20. The zero-order valence-electron chi connectivity index (χ0n) is 8.27. The van der Waals surface area contributed by atoms with Gasteiger partial charge >= 0.3 is 0 Å². The highest BCUT2D eigenvalue weighted by molar-refractivity contribution is 5.38. The maximum Gasteiger partial charge on any atom is 0.146 e. The second-order valence-corrected chi connectivity index (χ2v) is 4.29. The molecule has 2 aliphatic heterocycles. The van der Waals surface area contributed by atoms with Gasteiger partial charge in [-0.15, -0.1) is 5.10 Å². The van der Waals surface area contributed by atoms with Crippen molar-refractivity contribution in [2.24, 2.45) is 0 Å². The van der Waals surface area contributed by atoms with Gasteiger partial charge in [0, 0.05) is 18.5 Å². The summed E-state index contributed by atoms with van der Waals surface area (Å²) in [5.41, 5.74) is 8.12. The van der Waals surface area contributed by atoms with Gasteiger partial charge in [0.25, 0.3) is 0 Å². The first-order valence-corrected chi connectivity index (χ1v) is 5.09. The Morgan fingerprint density at radius 1 is 1.43 bits per heavy atom. The van der Waals surface area contributed by atoms with Gasteiger partial charge in [0.15, 0.2) is 0 Å². The molecule has 2 N–H and O–H groups in total. The Balaban J connectivity index is 2.12. The molecule has 0 saturated carbocycles. The van der Waals surface area contributed by atoms with Crippen LogP contribution in [0.3, 0.4) is 0 Å². The molecular weight excluding hydrogens is 176 g/mol. The van der Waals surface area contributed by atoms with E-state index >= 15 is 0 Å². The molecule has 2 atom stereocenters. The van der Waals surface area contributed by atoms with E-state index in [9.17, 15) is 0 Å². The Kier molecular flexibility index (Phi) is 1.56. The summed E-state index contributed by atoms with van der Waals surface area (Å²) >= 11 is 0. The molecule has 14 heavy (non-hydrogen) atoms. The van der Waals surface area contributed by atoms with E-state index in [0.29, 0.717) is 17.9 Å². The average Bonchev–Trinajstić information content (AvgIpc) is 2.43. The normalized spacial score (nSPS) is 30.4. The lowest BCUT2D eigenvalue weighted by Gasteiger charge is -2.31. The van der Waals surface area contributed by atoms with Crippen LogP contribution < -0.4 is 5.73 Å². The monoisotopic (exact) mass is 190 g/mol. The predicted octanol–water partition coefficient (Wildman–Crippen LogP) is 0.750. The lowest BCUT2D eigenvalue weighted by atomic mass is 9.99. The van der Waals surface area contributed by atoms with E-state index < -0.39 is 0 Å². The van der Waals surface area contributed by atoms with Crippen LogP contribution in [0.25, 0.3) is 0 Å². The molecule has 0 radical (unpaired) electrons. The highest BCUT2D eigenvalue weighted by atomic mass is 15.2. The summed E-state index contributed by atoms with van der Waals surface area (Å²) < 4.78 is 0. The average molecular weight is 190 g/mol. The molecule has 4 nitrogen and oxygen atoms in total. The van der Waals surface area contributed by atoms with Crippen LogP contribution in [0, 0.1) is 0 Å². The van der Waals surface area contributed by atoms with Crippen molar-refractivity contribution >= 4 is 5.82 Å². The summed E-state index contributed by atoms with van der Waals surface area (Å²) in [5, 5.41) is 8.12. The fourth-order valence-corrected chi connectivity index (χ4v) is 2.75. The zero-order valence-corrected chi connectivity index (χ0v) is 8.27. The van der Waals surface area contributed by atoms with E-state index in [1.54, 1.807) is 0 Å². The van der Waals surface area contributed by atoms with Crippen molar-refractivity contribution in [3.05, 3.63) is 17.3 Å². The molecule has 1 aromatic heterocycles. The first-order valence-electron chi connectivity index (χ1n) is 5.09. The van der Waals surface area contributed by atoms with E-state index in [1.165, 1.54) is 18.4 Å². The number of likely N-dealkylation sites (N-methyl/N-ethyl adjacent to an activating group) is 1. The molecule has 74 valence electrons. The number of hydrogen-bond acceptors (Lipinski definition) is 4. The lowest BCUT2D eigenvalue weighted by molar-refractivity contribution is 0.221. The maximum atomic E-state index is 5.67. The SMILES string of the molecule is CN1C2CCC1c1cc(N)nnc1C2. The highest BCUT2D eigenvalue weighted by Crippen LogP contribution is 2.41. The third-order valence-electron chi connectivity index (χ3n) is 3.55. The van der Waals surface area contributed by atoms with Gasteiger partial charge in [-0.2, -0.15) is 5.10 Å². The van der Waals surface area contributed by atoms with Crippen molar-refractivity contribution in [1.29, 1.82) is 0 Å². The van der Waals surface area contributed by atoms with E-state index in [0.717, 1.165) is 12.1 Å². The largest absolute Gasteiger partial charge is 0.382 e. The van der Waals surface area contributed by atoms with Gasteiger partial charge in [0.1, 0.15) is 5.82 Å². The predicted molar refractivity (Wildman–Crippen MR) is 53.7 cm³/mol. The topological polar surface area (TPSA) is 55.0 Å². The fourth-order valence-electron chi connectivity index (χ4n) is 2.75. The van der Waals surface area contributed by atoms with Crippen LogP contribution in [0.5, 0.6) is 0 Å². The molecule has 0 aromatic carbocycles. The van der Waals surface area contributed by atoms with Gasteiger partial charge in [-0.05, 0) is 31.5 Å². The molecule has 2 bridgehead atoms. The second kappa shape index (κ2) is 2.67. The van der Waals surface area contributed by atoms with Gasteiger partial charge in [-0.25, -0.2) is 0 Å². The van der Waals surface area contributed by atoms with E-state index in [4.69, 9.17) is 5.73 Å². The molecular formula is C10H14N4. The van der Waals surface area contributed by atoms with Crippen molar-refractivity contribution in [3.8, 4) is 0 Å². The smallest absolute Gasteiger partial charge is 0.146 e. The summed E-state index contributed by atoms with van der Waals surface area (Å²) in [6.45, 7) is 0. The molecule has 0 aliphatic carbocycles. The third kappa shape index (κ3) is 0.973. The van der Waals surface area contributed by atoms with E-state index in [2.05, 4.69) is 22.1 Å². The van der Waals surface area contributed by atoms with Crippen molar-refractivity contribution < 1.29 is 0 Å². The number of rotatable bonds is 0. The van der Waals surface area contributed by atoms with Crippen LogP contribution >= 0.6 is 0 Å². The minimum Gasteiger partial charge on any atom is -0.382 e. The van der Waals surface area contributed by atoms with Crippen molar-refractivity contribution in [1.82, 2.24) is 15.1 Å². The second-order valence-electron chi connectivity index (χ2n) is 4.29. The maximum absolute atomic E-state index is 5.67. The molecule has 3 heterocycles. The number of nitrogens with zero attached hydrogens (tertiary/aromatic N) is 3. The number of hydrogen-bond donors (Lipinski definition) is 1. The Labute approximate surface area is 83.1 Å². The lowest BCUT2D eigenvalue weighted by Crippen LogP contribution is -2.34. The van der Waals surface area contributed by atoms with Crippen molar-refractivity contribution in [2.75, 3.05) is 12.8 Å². The van der Waals surface area contributed by atoms with Crippen LogP contribution in [-0.4, -0.2) is 28.2 Å². The van der Waals surface area contributed by atoms with Crippen molar-refractivity contribution in [3.63, 3.8) is 0 Å². The third-order valence-corrected chi connectivity index (χ3v) is 3.55. The zero-order chi connectivity index (χ0) is 9.71. The van der Waals surface area contributed by atoms with Crippen LogP contribution in [0.1, 0.15) is 30.1 Å². The standard InChI is InChI=1S/C10H14N4/c1-14-6-2-3-9(14)7-5-10(11)13-12-8(7)4-6/h5-6,9H,2-4H2,1H3,(H2,11,13). The molecule has 4 heteroatoms. The molecule has 0 amide bonds. The molecule has 1 aromatic rings.